The number of ether oxygens (including phenoxy) is 9. The molecule has 3 aromatic rings. The van der Waals surface area contributed by atoms with E-state index in [0.29, 0.717) is 113 Å². The lowest BCUT2D eigenvalue weighted by molar-refractivity contribution is -0.147. The van der Waals surface area contributed by atoms with Crippen LogP contribution in [0.25, 0.3) is 0 Å². The highest BCUT2D eigenvalue weighted by atomic mass is 16.6. The number of hydrogen-bond acceptors (Lipinski definition) is 17. The lowest BCUT2D eigenvalue weighted by atomic mass is 9.82. The van der Waals surface area contributed by atoms with Crippen molar-refractivity contribution >= 4 is 48.1 Å². The van der Waals surface area contributed by atoms with E-state index in [-0.39, 0.29) is 47.9 Å². The van der Waals surface area contributed by atoms with Gasteiger partial charge < -0.3 is 42.6 Å². The van der Waals surface area contributed by atoms with Gasteiger partial charge in [0, 0.05) is 12.2 Å². The molecule has 0 saturated heterocycles. The highest BCUT2D eigenvalue weighted by Crippen LogP contribution is 2.35. The molecule has 0 N–H and O–H groups in total. The Morgan fingerprint density at radius 3 is 1.21 bits per heavy atom. The minimum Gasteiger partial charge on any atom is -0.494 e. The van der Waals surface area contributed by atoms with Crippen molar-refractivity contribution in [3.63, 3.8) is 0 Å². The van der Waals surface area contributed by atoms with Gasteiger partial charge >= 0.3 is 41.8 Å². The predicted octanol–water partition coefficient (Wildman–Crippen LogP) is 9.40. The fraction of sp³-hybridized carbons (Fsp3) is 0.464. The van der Waals surface area contributed by atoms with Crippen LogP contribution < -0.4 is 28.4 Å². The van der Waals surface area contributed by atoms with E-state index in [2.05, 4.69) is 13.2 Å². The molecule has 0 atom stereocenters. The Morgan fingerprint density at radius 1 is 0.425 bits per heavy atom. The van der Waals surface area contributed by atoms with Crippen LogP contribution in [0.15, 0.2) is 92.0 Å². The Labute approximate surface area is 425 Å². The van der Waals surface area contributed by atoms with Gasteiger partial charge in [0.15, 0.2) is 6.29 Å². The monoisotopic (exact) mass is 1010 g/mol. The summed E-state index contributed by atoms with van der Waals surface area (Å²) >= 11 is 0. The molecule has 0 radical (unpaired) electrons. The quantitative estimate of drug-likeness (QED) is 0.0152. The number of unbranched alkanes of at least 4 members (excludes halogenated alkanes) is 6. The molecule has 5 rings (SSSR count). The van der Waals surface area contributed by atoms with Gasteiger partial charge in [-0.25, -0.2) is 9.59 Å². The van der Waals surface area contributed by atoms with Crippen molar-refractivity contribution in [2.24, 2.45) is 23.7 Å². The molecule has 0 amide bonds. The molecule has 0 bridgehead atoms. The van der Waals surface area contributed by atoms with E-state index in [0.717, 1.165) is 57.1 Å². The van der Waals surface area contributed by atoms with Crippen molar-refractivity contribution in [1.82, 2.24) is 0 Å². The Kier molecular flexibility index (Phi) is 24.2. The second-order valence-electron chi connectivity index (χ2n) is 17.8. The van der Waals surface area contributed by atoms with Gasteiger partial charge in [0.1, 0.15) is 41.1 Å². The molecule has 392 valence electrons. The summed E-state index contributed by atoms with van der Waals surface area (Å²) in [6.07, 6.45) is 12.7. The highest BCUT2D eigenvalue weighted by molar-refractivity contribution is 5.85. The van der Waals surface area contributed by atoms with Crippen LogP contribution in [-0.4, -0.2) is 81.1 Å². The maximum Gasteiger partial charge on any atom is 0.330 e. The van der Waals surface area contributed by atoms with E-state index in [1.165, 1.54) is 18.2 Å². The number of aldehydes is 1. The van der Waals surface area contributed by atoms with E-state index in [9.17, 15) is 38.4 Å². The van der Waals surface area contributed by atoms with Gasteiger partial charge in [-0.2, -0.15) is 0 Å². The van der Waals surface area contributed by atoms with Gasteiger partial charge in [0.2, 0.25) is 0 Å². The Bertz CT molecular complexity index is 2310. The molecular formula is C56H66O17. The maximum absolute atomic E-state index is 13.2. The summed E-state index contributed by atoms with van der Waals surface area (Å²) < 4.78 is 48.9. The van der Waals surface area contributed by atoms with Gasteiger partial charge in [-0.05, 0) is 169 Å². The van der Waals surface area contributed by atoms with Crippen molar-refractivity contribution < 1.29 is 81.0 Å². The molecule has 3 aromatic carbocycles. The van der Waals surface area contributed by atoms with E-state index in [4.69, 9.17) is 42.6 Å². The predicted molar refractivity (Wildman–Crippen MR) is 264 cm³/mol. The van der Waals surface area contributed by atoms with Crippen molar-refractivity contribution in [2.75, 3.05) is 33.0 Å². The molecule has 2 saturated carbocycles. The Balaban J connectivity index is 0.924. The lowest BCUT2D eigenvalue weighted by Gasteiger charge is -2.26. The first kappa shape index (κ1) is 56.6. The molecular weight excluding hydrogens is 945 g/mol. The average molecular weight is 1010 g/mol. The Morgan fingerprint density at radius 2 is 0.781 bits per heavy atom. The van der Waals surface area contributed by atoms with E-state index < -0.39 is 47.6 Å². The molecule has 17 nitrogen and oxygen atoms in total. The van der Waals surface area contributed by atoms with Gasteiger partial charge in [0.25, 0.3) is 0 Å². The van der Waals surface area contributed by atoms with Crippen LogP contribution in [0.4, 0.5) is 0 Å². The van der Waals surface area contributed by atoms with Crippen molar-refractivity contribution in [2.45, 2.75) is 109 Å². The molecule has 2 aliphatic carbocycles. The zero-order valence-corrected chi connectivity index (χ0v) is 41.3. The molecule has 0 aliphatic heterocycles. The van der Waals surface area contributed by atoms with E-state index >= 15 is 0 Å². The van der Waals surface area contributed by atoms with E-state index in [1.807, 2.05) is 0 Å². The molecule has 0 heterocycles. The summed E-state index contributed by atoms with van der Waals surface area (Å²) in [6.45, 7) is 8.29. The van der Waals surface area contributed by atoms with Crippen LogP contribution in [0.2, 0.25) is 0 Å². The third-order valence-corrected chi connectivity index (χ3v) is 12.4. The molecule has 2 fully saturated rings. The second kappa shape index (κ2) is 31.2. The first-order valence-electron chi connectivity index (χ1n) is 25.1. The molecule has 2 aliphatic rings. The number of benzene rings is 3. The van der Waals surface area contributed by atoms with Gasteiger partial charge in [0.05, 0.1) is 62.1 Å². The summed E-state index contributed by atoms with van der Waals surface area (Å²) in [5, 5.41) is 0. The average Bonchev–Trinajstić information content (AvgIpc) is 3.41. The maximum atomic E-state index is 13.2. The summed E-state index contributed by atoms with van der Waals surface area (Å²) in [4.78, 5) is 98.1. The van der Waals surface area contributed by atoms with Crippen molar-refractivity contribution in [1.29, 1.82) is 0 Å². The minimum atomic E-state index is -0.583. The van der Waals surface area contributed by atoms with Crippen LogP contribution in [0, 0.1) is 23.7 Å². The van der Waals surface area contributed by atoms with Gasteiger partial charge in [-0.15, -0.1) is 0 Å². The zero-order valence-electron chi connectivity index (χ0n) is 41.3. The topological polar surface area (TPSA) is 220 Å². The largest absolute Gasteiger partial charge is 0.494 e. The van der Waals surface area contributed by atoms with Gasteiger partial charge in [-0.3, -0.25) is 28.8 Å². The van der Waals surface area contributed by atoms with Crippen LogP contribution in [0.3, 0.4) is 0 Å². The summed E-state index contributed by atoms with van der Waals surface area (Å²) in [6, 6.07) is 17.8. The second-order valence-corrected chi connectivity index (χ2v) is 17.8. The third-order valence-electron chi connectivity index (χ3n) is 12.4. The fourth-order valence-corrected chi connectivity index (χ4v) is 8.18. The first-order chi connectivity index (χ1) is 35.4. The fourth-order valence-electron chi connectivity index (χ4n) is 8.18. The van der Waals surface area contributed by atoms with Crippen LogP contribution in [0.1, 0.15) is 120 Å². The number of esters is 7. The normalized spacial score (nSPS) is 17.1. The summed E-state index contributed by atoms with van der Waals surface area (Å²) in [5.74, 6) is -2.71. The number of carbonyl (C=O) groups is 8. The highest BCUT2D eigenvalue weighted by Gasteiger charge is 2.34. The molecule has 17 heteroatoms. The van der Waals surface area contributed by atoms with Crippen LogP contribution in [-0.2, 0) is 47.8 Å². The standard InChI is InChI=1S/C56H66O17/c1-3-50(58)67-34-11-7-5-9-32-65-44-21-25-46(26-22-44)70-53(61)39-13-15-41(16-14-39)55(63)72-48-29-30-49(43(37-48)38-57)73-56(64)42-19-17-40(18-20-42)54(62)71-47-27-23-45(24-28-47)66-33-10-6-8-12-35-68-52(60)31-36-69-51(59)4-2/h3-4,21-30,37-42H,1-2,5-20,31-36H2. The van der Waals surface area contributed by atoms with Crippen LogP contribution >= 0.6 is 0 Å². The number of rotatable bonds is 30. The smallest absolute Gasteiger partial charge is 0.330 e. The van der Waals surface area contributed by atoms with Gasteiger partial charge in [-0.1, -0.05) is 13.2 Å². The van der Waals surface area contributed by atoms with Crippen LogP contribution in [0.5, 0.6) is 34.5 Å². The SMILES string of the molecule is C=CC(=O)OCCCCCCOc1ccc(OC(=O)C2CCC(C(=O)Oc3ccc(OC(=O)C4CCC(C(=O)Oc5ccc(OCCCCCCOC(=O)CCOC(=O)C=C)cc5)CC4)c(C=O)c3)CC2)cc1. The zero-order chi connectivity index (χ0) is 52.2. The van der Waals surface area contributed by atoms with E-state index in [1.54, 1.807) is 48.5 Å². The number of carbonyl (C=O) groups excluding carboxylic acids is 8. The number of hydrogen-bond donors (Lipinski definition) is 0. The molecule has 0 aromatic heterocycles. The molecule has 0 unspecified atom stereocenters. The minimum absolute atomic E-state index is 0.00320. The van der Waals surface area contributed by atoms with Crippen molar-refractivity contribution in [3.8, 4) is 34.5 Å². The first-order valence-corrected chi connectivity index (χ1v) is 25.1. The third kappa shape index (κ3) is 20.4. The summed E-state index contributed by atoms with van der Waals surface area (Å²) in [5.41, 5.74) is 0.0348. The van der Waals surface area contributed by atoms with Crippen molar-refractivity contribution in [3.05, 3.63) is 97.6 Å². The molecule has 0 spiro atoms. The lowest BCUT2D eigenvalue weighted by Crippen LogP contribution is -2.30. The molecule has 73 heavy (non-hydrogen) atoms. The summed E-state index contributed by atoms with van der Waals surface area (Å²) in [7, 11) is 0. The Hall–Kier alpha value is -7.30.